The summed E-state index contributed by atoms with van der Waals surface area (Å²) in [5.41, 5.74) is 0. The molecule has 3 heteroatoms. The van der Waals surface area contributed by atoms with Gasteiger partial charge in [0.15, 0.2) is 0 Å². The van der Waals surface area contributed by atoms with Crippen molar-refractivity contribution in [3.05, 3.63) is 12.4 Å². The van der Waals surface area contributed by atoms with Gasteiger partial charge in [0, 0.05) is 18.4 Å². The van der Waals surface area contributed by atoms with Gasteiger partial charge in [-0.2, -0.15) is 0 Å². The van der Waals surface area contributed by atoms with Crippen LogP contribution in [0, 0.1) is 0 Å². The largest absolute Gasteiger partial charge is 0.386 e. The highest BCUT2D eigenvalue weighted by molar-refractivity contribution is 6.73. The summed E-state index contributed by atoms with van der Waals surface area (Å²) in [5.74, 6) is 0. The van der Waals surface area contributed by atoms with Crippen LogP contribution in [0.4, 0.5) is 0 Å². The SMILES string of the molecule is CC(C)N1C=CN([Si](C)(C)C)C1. The molecule has 0 aromatic rings. The Morgan fingerprint density at radius 1 is 1.17 bits per heavy atom. The Hall–Kier alpha value is -0.443. The zero-order valence-corrected chi connectivity index (χ0v) is 9.83. The van der Waals surface area contributed by atoms with Gasteiger partial charge in [-0.15, -0.1) is 0 Å². The fraction of sp³-hybridized carbons (Fsp3) is 0.778. The van der Waals surface area contributed by atoms with E-state index in [4.69, 9.17) is 0 Å². The van der Waals surface area contributed by atoms with E-state index in [1.54, 1.807) is 0 Å². The third-order valence-electron chi connectivity index (χ3n) is 2.28. The molecule has 1 aliphatic heterocycles. The molecule has 0 fully saturated rings. The van der Waals surface area contributed by atoms with Gasteiger partial charge in [-0.3, -0.25) is 0 Å². The van der Waals surface area contributed by atoms with E-state index in [0.717, 1.165) is 6.67 Å². The lowest BCUT2D eigenvalue weighted by Crippen LogP contribution is -2.44. The quantitative estimate of drug-likeness (QED) is 0.608. The van der Waals surface area contributed by atoms with Crippen molar-refractivity contribution >= 4 is 8.24 Å². The first kappa shape index (κ1) is 9.64. The van der Waals surface area contributed by atoms with Gasteiger partial charge in [0.25, 0.3) is 0 Å². The van der Waals surface area contributed by atoms with E-state index in [9.17, 15) is 0 Å². The van der Waals surface area contributed by atoms with Crippen molar-refractivity contribution in [1.82, 2.24) is 9.47 Å². The molecule has 0 saturated heterocycles. The second-order valence-electron chi connectivity index (χ2n) is 4.69. The summed E-state index contributed by atoms with van der Waals surface area (Å²) in [7, 11) is -1.11. The molecule has 0 bridgehead atoms. The number of nitrogens with zero attached hydrogens (tertiary/aromatic N) is 2. The molecule has 70 valence electrons. The number of hydrogen-bond acceptors (Lipinski definition) is 2. The van der Waals surface area contributed by atoms with Crippen LogP contribution in [-0.4, -0.2) is 30.4 Å². The van der Waals surface area contributed by atoms with Crippen molar-refractivity contribution in [1.29, 1.82) is 0 Å². The summed E-state index contributed by atoms with van der Waals surface area (Å²) < 4.78 is 2.49. The average Bonchev–Trinajstić information content (AvgIpc) is 2.30. The summed E-state index contributed by atoms with van der Waals surface area (Å²) in [5, 5.41) is 0. The van der Waals surface area contributed by atoms with E-state index >= 15 is 0 Å². The molecule has 2 nitrogen and oxygen atoms in total. The summed E-state index contributed by atoms with van der Waals surface area (Å²) >= 11 is 0. The smallest absolute Gasteiger partial charge is 0.149 e. The van der Waals surface area contributed by atoms with Gasteiger partial charge in [0.2, 0.25) is 0 Å². The Morgan fingerprint density at radius 3 is 2.00 bits per heavy atom. The van der Waals surface area contributed by atoms with E-state index in [-0.39, 0.29) is 0 Å². The Kier molecular flexibility index (Phi) is 2.51. The van der Waals surface area contributed by atoms with Gasteiger partial charge in [-0.05, 0) is 13.8 Å². The fourth-order valence-corrected chi connectivity index (χ4v) is 2.31. The zero-order valence-electron chi connectivity index (χ0n) is 8.83. The Bertz CT molecular complexity index is 181. The Labute approximate surface area is 76.9 Å². The first-order chi connectivity index (χ1) is 5.41. The Balaban J connectivity index is 2.54. The molecular weight excluding hydrogens is 164 g/mol. The van der Waals surface area contributed by atoms with Gasteiger partial charge < -0.3 is 9.47 Å². The lowest BCUT2D eigenvalue weighted by molar-refractivity contribution is 0.280. The number of hydrogen-bond donors (Lipinski definition) is 0. The molecule has 0 N–H and O–H groups in total. The molecule has 0 amide bonds. The van der Waals surface area contributed by atoms with Crippen molar-refractivity contribution in [2.45, 2.75) is 39.5 Å². The third-order valence-corrected chi connectivity index (χ3v) is 4.29. The van der Waals surface area contributed by atoms with Crippen LogP contribution in [-0.2, 0) is 0 Å². The molecule has 0 aromatic heterocycles. The molecule has 0 aliphatic carbocycles. The first-order valence-electron chi connectivity index (χ1n) is 4.62. The van der Waals surface area contributed by atoms with Crippen molar-refractivity contribution in [2.75, 3.05) is 6.67 Å². The van der Waals surface area contributed by atoms with Crippen LogP contribution in [0.25, 0.3) is 0 Å². The highest BCUT2D eigenvalue weighted by Gasteiger charge is 2.26. The van der Waals surface area contributed by atoms with Crippen LogP contribution in [0.15, 0.2) is 12.4 Å². The van der Waals surface area contributed by atoms with E-state index in [1.807, 2.05) is 0 Å². The van der Waals surface area contributed by atoms with Gasteiger partial charge in [0.1, 0.15) is 8.24 Å². The zero-order chi connectivity index (χ0) is 9.35. The molecule has 0 spiro atoms. The summed E-state index contributed by atoms with van der Waals surface area (Å²) in [4.78, 5) is 2.37. The predicted molar refractivity (Wildman–Crippen MR) is 56.2 cm³/mol. The van der Waals surface area contributed by atoms with Crippen molar-refractivity contribution in [2.24, 2.45) is 0 Å². The molecular formula is C9H20N2Si. The monoisotopic (exact) mass is 184 g/mol. The third kappa shape index (κ3) is 2.03. The first-order valence-corrected chi connectivity index (χ1v) is 8.07. The van der Waals surface area contributed by atoms with Crippen LogP contribution >= 0.6 is 0 Å². The minimum Gasteiger partial charge on any atom is -0.386 e. The molecule has 1 heterocycles. The highest BCUT2D eigenvalue weighted by atomic mass is 28.3. The standard InChI is InChI=1S/C9H20N2Si/c1-9(2)10-6-7-11(8-10)12(3,4)5/h6-7,9H,8H2,1-5H3. The summed E-state index contributed by atoms with van der Waals surface area (Å²) in [6.07, 6.45) is 4.45. The van der Waals surface area contributed by atoms with Crippen molar-refractivity contribution < 1.29 is 0 Å². The van der Waals surface area contributed by atoms with Gasteiger partial charge in [-0.25, -0.2) is 0 Å². The maximum atomic E-state index is 2.49. The second-order valence-corrected chi connectivity index (χ2v) is 9.60. The van der Waals surface area contributed by atoms with Crippen LogP contribution in [0.1, 0.15) is 13.8 Å². The maximum absolute atomic E-state index is 2.49. The van der Waals surface area contributed by atoms with E-state index in [1.165, 1.54) is 0 Å². The van der Waals surface area contributed by atoms with E-state index in [2.05, 4.69) is 55.4 Å². The molecule has 0 saturated carbocycles. The minimum absolute atomic E-state index is 0.627. The molecule has 12 heavy (non-hydrogen) atoms. The summed E-state index contributed by atoms with van der Waals surface area (Å²) in [6, 6.07) is 0.627. The lowest BCUT2D eigenvalue weighted by Gasteiger charge is -2.32. The molecule has 0 aromatic carbocycles. The van der Waals surface area contributed by atoms with Crippen LogP contribution < -0.4 is 0 Å². The average molecular weight is 184 g/mol. The van der Waals surface area contributed by atoms with E-state index in [0.29, 0.717) is 6.04 Å². The van der Waals surface area contributed by atoms with E-state index < -0.39 is 8.24 Å². The van der Waals surface area contributed by atoms with Crippen LogP contribution in [0.5, 0.6) is 0 Å². The number of rotatable bonds is 2. The minimum atomic E-state index is -1.11. The van der Waals surface area contributed by atoms with Crippen molar-refractivity contribution in [3.8, 4) is 0 Å². The maximum Gasteiger partial charge on any atom is 0.149 e. The fourth-order valence-electron chi connectivity index (χ4n) is 1.21. The molecule has 1 rings (SSSR count). The van der Waals surface area contributed by atoms with Crippen LogP contribution in [0.3, 0.4) is 0 Å². The van der Waals surface area contributed by atoms with Gasteiger partial charge in [0.05, 0.1) is 6.67 Å². The Morgan fingerprint density at radius 2 is 1.75 bits per heavy atom. The molecule has 1 aliphatic rings. The molecule has 0 radical (unpaired) electrons. The van der Waals surface area contributed by atoms with Crippen LogP contribution in [0.2, 0.25) is 19.6 Å². The van der Waals surface area contributed by atoms with Gasteiger partial charge in [-0.1, -0.05) is 19.6 Å². The van der Waals surface area contributed by atoms with Crippen molar-refractivity contribution in [3.63, 3.8) is 0 Å². The molecule has 0 unspecified atom stereocenters. The topological polar surface area (TPSA) is 6.48 Å². The molecule has 0 atom stereocenters. The normalized spacial score (nSPS) is 18.2. The lowest BCUT2D eigenvalue weighted by atomic mass is 10.4. The second kappa shape index (κ2) is 3.13. The summed E-state index contributed by atoms with van der Waals surface area (Å²) in [6.45, 7) is 12.7. The predicted octanol–water partition coefficient (Wildman–Crippen LogP) is 2.28. The highest BCUT2D eigenvalue weighted by Crippen LogP contribution is 2.17. The van der Waals surface area contributed by atoms with Gasteiger partial charge >= 0.3 is 0 Å².